The molecular formula is C24H38N4O5S. The van der Waals surface area contributed by atoms with Crippen LogP contribution in [0.1, 0.15) is 39.7 Å². The summed E-state index contributed by atoms with van der Waals surface area (Å²) in [7, 11) is 0. The van der Waals surface area contributed by atoms with E-state index in [4.69, 9.17) is 5.73 Å². The van der Waals surface area contributed by atoms with Crippen LogP contribution in [0.5, 0.6) is 0 Å². The molecule has 0 fully saturated rings. The lowest BCUT2D eigenvalue weighted by atomic mass is 9.99. The van der Waals surface area contributed by atoms with Crippen molar-refractivity contribution >= 4 is 35.5 Å². The van der Waals surface area contributed by atoms with Crippen molar-refractivity contribution < 1.29 is 24.3 Å². The first-order valence-corrected chi connectivity index (χ1v) is 12.8. The fraction of sp³-hybridized carbons (Fsp3) is 0.583. The van der Waals surface area contributed by atoms with Crippen molar-refractivity contribution in [1.82, 2.24) is 16.0 Å². The van der Waals surface area contributed by atoms with Gasteiger partial charge in [-0.1, -0.05) is 58.0 Å². The summed E-state index contributed by atoms with van der Waals surface area (Å²) in [6.07, 6.45) is 2.57. The van der Waals surface area contributed by atoms with Crippen molar-refractivity contribution in [2.24, 2.45) is 17.6 Å². The van der Waals surface area contributed by atoms with Crippen molar-refractivity contribution in [3.8, 4) is 0 Å². The lowest BCUT2D eigenvalue weighted by Crippen LogP contribution is -2.59. The third-order valence-corrected chi connectivity index (χ3v) is 6.00. The SMILES string of the molecule is CSCCC(NC(=O)C(N)Cc1ccccc1)C(=O)NC(C(=O)NC(C(=O)O)C(C)C)C(C)C. The van der Waals surface area contributed by atoms with Gasteiger partial charge in [-0.05, 0) is 42.2 Å². The molecule has 0 bridgehead atoms. The van der Waals surface area contributed by atoms with Crippen LogP contribution in [0.4, 0.5) is 0 Å². The van der Waals surface area contributed by atoms with Gasteiger partial charge in [0.15, 0.2) is 0 Å². The zero-order valence-corrected chi connectivity index (χ0v) is 21.4. The van der Waals surface area contributed by atoms with Crippen molar-refractivity contribution in [2.45, 2.75) is 64.7 Å². The lowest BCUT2D eigenvalue weighted by molar-refractivity contribution is -0.143. The smallest absolute Gasteiger partial charge is 0.326 e. The van der Waals surface area contributed by atoms with Crippen molar-refractivity contribution in [3.63, 3.8) is 0 Å². The van der Waals surface area contributed by atoms with Gasteiger partial charge in [0.1, 0.15) is 18.1 Å². The fourth-order valence-corrected chi connectivity index (χ4v) is 3.76. The molecule has 1 rings (SSSR count). The van der Waals surface area contributed by atoms with Gasteiger partial charge in [0.2, 0.25) is 17.7 Å². The quantitative estimate of drug-likeness (QED) is 0.260. The average Bonchev–Trinajstić information content (AvgIpc) is 2.77. The molecule has 0 saturated heterocycles. The molecule has 0 spiro atoms. The van der Waals surface area contributed by atoms with E-state index in [9.17, 15) is 24.3 Å². The van der Waals surface area contributed by atoms with Crippen LogP contribution in [-0.4, -0.2) is 65.0 Å². The van der Waals surface area contributed by atoms with Crippen LogP contribution in [0.15, 0.2) is 30.3 Å². The number of carboxylic acids is 1. The van der Waals surface area contributed by atoms with E-state index in [1.165, 1.54) is 11.8 Å². The summed E-state index contributed by atoms with van der Waals surface area (Å²) in [5.41, 5.74) is 6.97. The van der Waals surface area contributed by atoms with E-state index < -0.39 is 47.9 Å². The Balaban J connectivity index is 2.90. The van der Waals surface area contributed by atoms with Gasteiger partial charge in [0.25, 0.3) is 0 Å². The molecular weight excluding hydrogens is 456 g/mol. The third kappa shape index (κ3) is 9.72. The fourth-order valence-electron chi connectivity index (χ4n) is 3.29. The highest BCUT2D eigenvalue weighted by atomic mass is 32.2. The number of benzene rings is 1. The van der Waals surface area contributed by atoms with E-state index in [0.717, 1.165) is 5.56 Å². The number of carbonyl (C=O) groups is 4. The Morgan fingerprint density at radius 1 is 0.882 bits per heavy atom. The molecule has 190 valence electrons. The molecule has 0 saturated carbocycles. The second-order valence-corrected chi connectivity index (χ2v) is 9.92. The topological polar surface area (TPSA) is 151 Å². The molecule has 4 unspecified atom stereocenters. The molecule has 0 aliphatic heterocycles. The summed E-state index contributed by atoms with van der Waals surface area (Å²) < 4.78 is 0. The highest BCUT2D eigenvalue weighted by Gasteiger charge is 2.32. The van der Waals surface area contributed by atoms with Gasteiger partial charge in [0.05, 0.1) is 6.04 Å². The number of aliphatic carboxylic acids is 1. The number of hydrogen-bond acceptors (Lipinski definition) is 6. The number of amides is 3. The zero-order valence-electron chi connectivity index (χ0n) is 20.5. The second kappa shape index (κ2) is 14.6. The highest BCUT2D eigenvalue weighted by molar-refractivity contribution is 7.98. The van der Waals surface area contributed by atoms with Crippen LogP contribution >= 0.6 is 11.8 Å². The van der Waals surface area contributed by atoms with Crippen LogP contribution in [0.2, 0.25) is 0 Å². The monoisotopic (exact) mass is 494 g/mol. The number of thioether (sulfide) groups is 1. The maximum Gasteiger partial charge on any atom is 0.326 e. The van der Waals surface area contributed by atoms with Gasteiger partial charge < -0.3 is 26.8 Å². The van der Waals surface area contributed by atoms with E-state index in [2.05, 4.69) is 16.0 Å². The molecule has 1 aromatic rings. The number of nitrogens with two attached hydrogens (primary N) is 1. The summed E-state index contributed by atoms with van der Waals surface area (Å²) in [5.74, 6) is -2.72. The van der Waals surface area contributed by atoms with Gasteiger partial charge in [-0.2, -0.15) is 11.8 Å². The second-order valence-electron chi connectivity index (χ2n) is 8.94. The minimum Gasteiger partial charge on any atom is -0.480 e. The molecule has 34 heavy (non-hydrogen) atoms. The normalized spacial score (nSPS) is 14.7. The predicted molar refractivity (Wildman–Crippen MR) is 134 cm³/mol. The van der Waals surface area contributed by atoms with Crippen LogP contribution in [0, 0.1) is 11.8 Å². The average molecular weight is 495 g/mol. The molecule has 10 heteroatoms. The van der Waals surface area contributed by atoms with Crippen molar-refractivity contribution in [2.75, 3.05) is 12.0 Å². The highest BCUT2D eigenvalue weighted by Crippen LogP contribution is 2.09. The van der Waals surface area contributed by atoms with E-state index in [1.54, 1.807) is 27.7 Å². The Bertz CT molecular complexity index is 819. The molecule has 6 N–H and O–H groups in total. The van der Waals surface area contributed by atoms with Crippen molar-refractivity contribution in [3.05, 3.63) is 35.9 Å². The zero-order chi connectivity index (χ0) is 25.8. The van der Waals surface area contributed by atoms with E-state index in [1.807, 2.05) is 36.6 Å². The third-order valence-electron chi connectivity index (χ3n) is 5.36. The number of carbonyl (C=O) groups excluding carboxylic acids is 3. The number of nitrogens with one attached hydrogen (secondary N) is 3. The van der Waals surface area contributed by atoms with E-state index in [-0.39, 0.29) is 11.8 Å². The lowest BCUT2D eigenvalue weighted by Gasteiger charge is -2.27. The Labute approximate surface area is 206 Å². The minimum atomic E-state index is -1.14. The van der Waals surface area contributed by atoms with Gasteiger partial charge in [-0.3, -0.25) is 14.4 Å². The molecule has 0 radical (unpaired) electrons. The summed E-state index contributed by atoms with van der Waals surface area (Å²) in [5, 5.41) is 17.3. The maximum atomic E-state index is 13.1. The van der Waals surface area contributed by atoms with Gasteiger partial charge in [0, 0.05) is 0 Å². The van der Waals surface area contributed by atoms with Crippen LogP contribution in [0.3, 0.4) is 0 Å². The standard InChI is InChI=1S/C24H38N4O5S/c1-14(2)19(23(31)28-20(15(3)4)24(32)33)27-22(30)18(11-12-34-5)26-21(29)17(25)13-16-9-7-6-8-10-16/h6-10,14-15,17-20H,11-13,25H2,1-5H3,(H,26,29)(H,27,30)(H,28,31)(H,32,33). The van der Waals surface area contributed by atoms with Crippen LogP contribution in [-0.2, 0) is 25.6 Å². The van der Waals surface area contributed by atoms with Crippen molar-refractivity contribution in [1.29, 1.82) is 0 Å². The first-order valence-electron chi connectivity index (χ1n) is 11.4. The Morgan fingerprint density at radius 2 is 1.44 bits per heavy atom. The van der Waals surface area contributed by atoms with Gasteiger partial charge >= 0.3 is 5.97 Å². The molecule has 0 aromatic heterocycles. The first kappa shape index (κ1) is 29.4. The molecule has 0 aliphatic carbocycles. The van der Waals surface area contributed by atoms with Crippen LogP contribution < -0.4 is 21.7 Å². The minimum absolute atomic E-state index is 0.303. The van der Waals surface area contributed by atoms with E-state index in [0.29, 0.717) is 18.6 Å². The Hall–Kier alpha value is -2.59. The first-order chi connectivity index (χ1) is 16.0. The number of carboxylic acid groups (broad SMARTS) is 1. The summed E-state index contributed by atoms with van der Waals surface area (Å²) in [6.45, 7) is 6.88. The Morgan fingerprint density at radius 3 is 1.94 bits per heavy atom. The Kier molecular flexibility index (Phi) is 12.7. The van der Waals surface area contributed by atoms with Crippen LogP contribution in [0.25, 0.3) is 0 Å². The number of rotatable bonds is 14. The molecule has 1 aromatic carbocycles. The molecule has 3 amide bonds. The molecule has 0 aliphatic rings. The summed E-state index contributed by atoms with van der Waals surface area (Å²) >= 11 is 1.52. The summed E-state index contributed by atoms with van der Waals surface area (Å²) in [4.78, 5) is 50.1. The van der Waals surface area contributed by atoms with E-state index >= 15 is 0 Å². The van der Waals surface area contributed by atoms with Gasteiger partial charge in [-0.25, -0.2) is 4.79 Å². The molecule has 9 nitrogen and oxygen atoms in total. The number of hydrogen-bond donors (Lipinski definition) is 5. The van der Waals surface area contributed by atoms with Gasteiger partial charge in [-0.15, -0.1) is 0 Å². The largest absolute Gasteiger partial charge is 0.480 e. The molecule has 0 heterocycles. The summed E-state index contributed by atoms with van der Waals surface area (Å²) in [6, 6.07) is 5.60. The maximum absolute atomic E-state index is 13.1. The molecule has 4 atom stereocenters. The predicted octanol–water partition coefficient (Wildman–Crippen LogP) is 1.16.